The third-order valence-electron chi connectivity index (χ3n) is 5.50. The van der Waals surface area contributed by atoms with Crippen LogP contribution in [0, 0.1) is 5.82 Å². The molecule has 2 saturated heterocycles. The van der Waals surface area contributed by atoms with Crippen LogP contribution in [0.5, 0.6) is 0 Å². The first kappa shape index (κ1) is 24.7. The first-order chi connectivity index (χ1) is 15.7. The zero-order valence-corrected chi connectivity index (χ0v) is 19.1. The minimum absolute atomic E-state index is 0.0373. The Morgan fingerprint density at radius 3 is 2.64 bits per heavy atom. The van der Waals surface area contributed by atoms with Gasteiger partial charge < -0.3 is 19.5 Å². The molecule has 2 aliphatic rings. The predicted molar refractivity (Wildman–Crippen MR) is 115 cm³/mol. The third-order valence-corrected chi connectivity index (χ3v) is 7.22. The second kappa shape index (κ2) is 10.8. The van der Waals surface area contributed by atoms with Crippen LogP contribution in [0.15, 0.2) is 18.2 Å². The number of rotatable bonds is 8. The Kier molecular flexibility index (Phi) is 8.11. The van der Waals surface area contributed by atoms with Gasteiger partial charge in [0, 0.05) is 6.42 Å². The van der Waals surface area contributed by atoms with Gasteiger partial charge in [0.2, 0.25) is 6.79 Å². The van der Waals surface area contributed by atoms with E-state index >= 15 is 0 Å². The van der Waals surface area contributed by atoms with Crippen molar-refractivity contribution in [2.75, 3.05) is 36.3 Å². The number of alkyl carbamates (subject to hydrolysis) is 1. The second-order valence-electron chi connectivity index (χ2n) is 7.95. The lowest BCUT2D eigenvalue weighted by molar-refractivity contribution is -0.151. The van der Waals surface area contributed by atoms with Crippen LogP contribution in [-0.4, -0.2) is 64.1 Å². The molecule has 2 fully saturated rings. The molecule has 0 bridgehead atoms. The minimum atomic E-state index is -3.05. The summed E-state index contributed by atoms with van der Waals surface area (Å²) >= 11 is 0. The molecule has 0 aliphatic carbocycles. The van der Waals surface area contributed by atoms with E-state index in [-0.39, 0.29) is 36.9 Å². The van der Waals surface area contributed by atoms with Gasteiger partial charge in [-0.25, -0.2) is 22.4 Å². The average molecular weight is 487 g/mol. The summed E-state index contributed by atoms with van der Waals surface area (Å²) in [4.78, 5) is 36.4. The monoisotopic (exact) mass is 486 g/mol. The van der Waals surface area contributed by atoms with E-state index in [2.05, 4.69) is 5.32 Å². The Hall–Kier alpha value is -2.89. The van der Waals surface area contributed by atoms with E-state index in [1.807, 2.05) is 6.92 Å². The van der Waals surface area contributed by atoms with Gasteiger partial charge in [-0.2, -0.15) is 0 Å². The van der Waals surface area contributed by atoms with Crippen molar-refractivity contribution in [2.45, 2.75) is 44.6 Å². The molecule has 2 amide bonds. The lowest BCUT2D eigenvalue weighted by atomic mass is 9.93. The summed E-state index contributed by atoms with van der Waals surface area (Å²) in [5, 5.41) is 2.41. The first-order valence-electron chi connectivity index (χ1n) is 10.7. The number of amides is 2. The van der Waals surface area contributed by atoms with Crippen molar-refractivity contribution in [3.63, 3.8) is 0 Å². The van der Waals surface area contributed by atoms with Crippen LogP contribution in [0.3, 0.4) is 0 Å². The lowest BCUT2D eigenvalue weighted by Crippen LogP contribution is -2.35. The Bertz CT molecular complexity index is 986. The summed E-state index contributed by atoms with van der Waals surface area (Å²) in [5.41, 5.74) is 0.736. The summed E-state index contributed by atoms with van der Waals surface area (Å²) in [6, 6.07) is 4.40. The summed E-state index contributed by atoms with van der Waals surface area (Å²) in [6.45, 7) is 1.35. The van der Waals surface area contributed by atoms with Gasteiger partial charge in [-0.15, -0.1) is 0 Å². The number of sulfone groups is 1. The molecular weight excluding hydrogens is 459 g/mol. The van der Waals surface area contributed by atoms with Crippen molar-refractivity contribution in [2.24, 2.45) is 0 Å². The van der Waals surface area contributed by atoms with Crippen LogP contribution in [-0.2, 0) is 28.8 Å². The quantitative estimate of drug-likeness (QED) is 0.438. The summed E-state index contributed by atoms with van der Waals surface area (Å²) in [6.07, 6.45) is -0.621. The number of esters is 1. The number of anilines is 1. The van der Waals surface area contributed by atoms with Gasteiger partial charge in [-0.05, 0) is 42.9 Å². The second-order valence-corrected chi connectivity index (χ2v) is 10.2. The standard InChI is InChI=1S/C21H27FN2O8S/c1-2-3-19(25)30-13-31-20(26)23-11-16-12-24(21(27)32-16)15-4-5-17(18(22)10-15)14-6-8-33(28,29)9-7-14/h4-5,10,14,16H,2-3,6-9,11-13H2,1H3,(H,23,26)/t16-/m0/s1. The molecule has 0 unspecified atom stereocenters. The highest BCUT2D eigenvalue weighted by atomic mass is 32.2. The largest absolute Gasteiger partial charge is 0.442 e. The van der Waals surface area contributed by atoms with E-state index in [1.54, 1.807) is 12.1 Å². The van der Waals surface area contributed by atoms with Crippen LogP contribution >= 0.6 is 0 Å². The van der Waals surface area contributed by atoms with Gasteiger partial charge in [0.05, 0.1) is 30.3 Å². The van der Waals surface area contributed by atoms with E-state index in [0.29, 0.717) is 30.5 Å². The van der Waals surface area contributed by atoms with Crippen LogP contribution in [0.2, 0.25) is 0 Å². The SMILES string of the molecule is CCCC(=O)OCOC(=O)NC[C@H]1CN(c2ccc(C3CCS(=O)(=O)CC3)c(F)c2)C(=O)O1. The molecule has 1 aromatic carbocycles. The molecule has 0 radical (unpaired) electrons. The third kappa shape index (κ3) is 6.80. The summed E-state index contributed by atoms with van der Waals surface area (Å²) in [5.74, 6) is -1.09. The topological polar surface area (TPSA) is 128 Å². The van der Waals surface area contributed by atoms with E-state index in [4.69, 9.17) is 14.2 Å². The lowest BCUT2D eigenvalue weighted by Gasteiger charge is -2.23. The molecule has 0 aromatic heterocycles. The molecule has 2 aliphatic heterocycles. The fraction of sp³-hybridized carbons (Fsp3) is 0.571. The number of hydrogen-bond acceptors (Lipinski definition) is 8. The van der Waals surface area contributed by atoms with Crippen LogP contribution in [0.1, 0.15) is 44.1 Å². The zero-order chi connectivity index (χ0) is 24.0. The number of benzene rings is 1. The Morgan fingerprint density at radius 2 is 1.97 bits per heavy atom. The normalized spacial score (nSPS) is 20.2. The van der Waals surface area contributed by atoms with Crippen molar-refractivity contribution in [1.82, 2.24) is 5.32 Å². The van der Waals surface area contributed by atoms with E-state index in [1.165, 1.54) is 11.0 Å². The molecule has 1 atom stereocenters. The van der Waals surface area contributed by atoms with Crippen molar-refractivity contribution in [1.29, 1.82) is 0 Å². The molecule has 0 spiro atoms. The number of ether oxygens (including phenoxy) is 3. The van der Waals surface area contributed by atoms with Gasteiger partial charge >= 0.3 is 18.2 Å². The maximum absolute atomic E-state index is 14.7. The molecule has 3 rings (SSSR count). The Morgan fingerprint density at radius 1 is 1.24 bits per heavy atom. The minimum Gasteiger partial charge on any atom is -0.442 e. The number of carbonyl (C=O) groups excluding carboxylic acids is 3. The molecule has 1 aromatic rings. The zero-order valence-electron chi connectivity index (χ0n) is 18.3. The number of nitrogens with zero attached hydrogens (tertiary/aromatic N) is 1. The number of hydrogen-bond donors (Lipinski definition) is 1. The summed E-state index contributed by atoms with van der Waals surface area (Å²) < 4.78 is 52.6. The summed E-state index contributed by atoms with van der Waals surface area (Å²) in [7, 11) is -3.05. The van der Waals surface area contributed by atoms with E-state index in [9.17, 15) is 27.2 Å². The molecular formula is C21H27FN2O8S. The van der Waals surface area contributed by atoms with Gasteiger partial charge in [0.25, 0.3) is 0 Å². The molecule has 0 saturated carbocycles. The van der Waals surface area contributed by atoms with Gasteiger partial charge in [-0.3, -0.25) is 9.69 Å². The fourth-order valence-corrected chi connectivity index (χ4v) is 5.22. The van der Waals surface area contributed by atoms with Gasteiger partial charge in [0.15, 0.2) is 0 Å². The van der Waals surface area contributed by atoms with Crippen LogP contribution in [0.25, 0.3) is 0 Å². The fourth-order valence-electron chi connectivity index (χ4n) is 3.73. The average Bonchev–Trinajstić information content (AvgIpc) is 3.13. The van der Waals surface area contributed by atoms with E-state index in [0.717, 1.165) is 0 Å². The Balaban J connectivity index is 1.49. The Labute approximate surface area is 191 Å². The molecule has 12 heteroatoms. The smallest absolute Gasteiger partial charge is 0.414 e. The van der Waals surface area contributed by atoms with Crippen LogP contribution in [0.4, 0.5) is 19.7 Å². The maximum atomic E-state index is 14.7. The molecule has 33 heavy (non-hydrogen) atoms. The highest BCUT2D eigenvalue weighted by Crippen LogP contribution is 2.33. The molecule has 182 valence electrons. The molecule has 1 N–H and O–H groups in total. The first-order valence-corrected chi connectivity index (χ1v) is 12.5. The maximum Gasteiger partial charge on any atom is 0.414 e. The number of nitrogens with one attached hydrogen (secondary N) is 1. The number of carbonyl (C=O) groups is 3. The van der Waals surface area contributed by atoms with Crippen molar-refractivity contribution in [3.05, 3.63) is 29.6 Å². The number of cyclic esters (lactones) is 1. The van der Waals surface area contributed by atoms with E-state index < -0.39 is 46.7 Å². The van der Waals surface area contributed by atoms with Gasteiger partial charge in [-0.1, -0.05) is 13.0 Å². The highest BCUT2D eigenvalue weighted by Gasteiger charge is 2.34. The molecule has 10 nitrogen and oxygen atoms in total. The van der Waals surface area contributed by atoms with Crippen molar-refractivity contribution in [3.8, 4) is 0 Å². The predicted octanol–water partition coefficient (Wildman–Crippen LogP) is 2.47. The number of halogens is 1. The van der Waals surface area contributed by atoms with Crippen LogP contribution < -0.4 is 10.2 Å². The van der Waals surface area contributed by atoms with Crippen molar-refractivity contribution < 1.29 is 41.4 Å². The highest BCUT2D eigenvalue weighted by molar-refractivity contribution is 7.91. The molecule has 2 heterocycles. The van der Waals surface area contributed by atoms with Gasteiger partial charge in [0.1, 0.15) is 21.8 Å². The van der Waals surface area contributed by atoms with Crippen molar-refractivity contribution >= 4 is 33.7 Å².